The van der Waals surface area contributed by atoms with Crippen LogP contribution >= 0.6 is 0 Å². The predicted molar refractivity (Wildman–Crippen MR) is 19.9 cm³/mol. The molecule has 0 spiro atoms. The molecule has 0 atom stereocenters. The van der Waals surface area contributed by atoms with E-state index in [1.54, 1.807) is 0 Å². The van der Waals surface area contributed by atoms with Gasteiger partial charge in [0.15, 0.2) is 0 Å². The van der Waals surface area contributed by atoms with Crippen molar-refractivity contribution in [2.24, 2.45) is 0 Å². The van der Waals surface area contributed by atoms with Gasteiger partial charge in [-0.25, -0.2) is 0 Å². The Hall–Kier alpha value is 3.51. The van der Waals surface area contributed by atoms with Crippen LogP contribution in [0.2, 0.25) is 0 Å². The van der Waals surface area contributed by atoms with E-state index in [9.17, 15) is 0 Å². The van der Waals surface area contributed by atoms with E-state index >= 15 is 0 Å². The number of hydrogen-bond donors (Lipinski definition) is 0. The molecule has 0 aromatic rings. The van der Waals surface area contributed by atoms with Gasteiger partial charge in [0.2, 0.25) is 0 Å². The zero-order valence-electron chi connectivity index (χ0n) is 1.89. The average molecular weight is 496 g/mol. The second kappa shape index (κ2) is 25.8. The van der Waals surface area contributed by atoms with Crippen LogP contribution in [0.15, 0.2) is 0 Å². The van der Waals surface area contributed by atoms with Crippen molar-refractivity contribution in [2.45, 2.75) is 0 Å². The van der Waals surface area contributed by atoms with Crippen molar-refractivity contribution < 1.29 is 55.9 Å². The molecule has 2 radical (unpaired) electrons. The standard InChI is InChI=1S/Bi.Cu.In.Mn.Ti.6H. The summed E-state index contributed by atoms with van der Waals surface area (Å²) in [6, 6.07) is 0. The zero-order chi connectivity index (χ0) is 0. The van der Waals surface area contributed by atoms with Gasteiger partial charge in [-0.3, -0.25) is 0 Å². The minimum atomic E-state index is 0. The van der Waals surface area contributed by atoms with E-state index in [0.29, 0.717) is 0 Å². The fourth-order valence-corrected chi connectivity index (χ4v) is 0. The van der Waals surface area contributed by atoms with Crippen LogP contribution in [0.25, 0.3) is 0 Å². The van der Waals surface area contributed by atoms with Gasteiger partial charge in [0.25, 0.3) is 0 Å². The molecule has 5 heteroatoms. The van der Waals surface area contributed by atoms with Crippen LogP contribution < -0.4 is 0 Å². The Balaban J connectivity index is 0. The molecule has 0 aromatic heterocycles. The summed E-state index contributed by atoms with van der Waals surface area (Å²) >= 11 is 0. The van der Waals surface area contributed by atoms with E-state index in [2.05, 4.69) is 0 Å². The van der Waals surface area contributed by atoms with E-state index in [1.165, 1.54) is 0 Å². The molecule has 0 aliphatic heterocycles. The van der Waals surface area contributed by atoms with Crippen LogP contribution in [-0.2, 0) is 55.9 Å². The van der Waals surface area contributed by atoms with E-state index in [1.807, 2.05) is 0 Å². The Labute approximate surface area is 106 Å². The molecule has 0 heterocycles. The molecule has 0 unspecified atom stereocenters. The fourth-order valence-electron chi connectivity index (χ4n) is 0. The van der Waals surface area contributed by atoms with Gasteiger partial charge in [0.05, 0.1) is 0 Å². The molecule has 0 nitrogen and oxygen atoms in total. The Morgan fingerprint density at radius 1 is 1.00 bits per heavy atom. The van der Waals surface area contributed by atoms with E-state index in [4.69, 9.17) is 0 Å². The summed E-state index contributed by atoms with van der Waals surface area (Å²) in [7, 11) is 0. The first kappa shape index (κ1) is 39.0. The third-order valence-corrected chi connectivity index (χ3v) is 0. The van der Waals surface area contributed by atoms with Crippen molar-refractivity contribution in [2.75, 3.05) is 0 Å². The van der Waals surface area contributed by atoms with Crippen molar-refractivity contribution in [3.8, 4) is 0 Å². The normalized spacial score (nSPS) is 0. The second-order valence-electron chi connectivity index (χ2n) is 0. The molecule has 0 fully saturated rings. The van der Waals surface area contributed by atoms with Crippen molar-refractivity contribution in [1.82, 2.24) is 0 Å². The van der Waals surface area contributed by atoms with Crippen LogP contribution in [0.5, 0.6) is 0 Å². The molecular formula is H6BiCuInMnTi. The van der Waals surface area contributed by atoms with Gasteiger partial charge in [-0.05, 0) is 0 Å². The number of hydrogen-bond acceptors (Lipinski definition) is 0. The average Bonchev–Trinajstić information content (AvgIpc) is 0. The van der Waals surface area contributed by atoms with Crippen molar-refractivity contribution in [3.05, 3.63) is 0 Å². The van der Waals surface area contributed by atoms with E-state index < -0.39 is 0 Å². The van der Waals surface area contributed by atoms with Crippen LogP contribution in [0.3, 0.4) is 0 Å². The summed E-state index contributed by atoms with van der Waals surface area (Å²) in [5.74, 6) is 0. The SMILES string of the molecule is [BiH3].[Cu].[InH3].[Mn].[Ti]. The molecule has 0 rings (SSSR count). The van der Waals surface area contributed by atoms with Crippen LogP contribution in [0.1, 0.15) is 0 Å². The van der Waals surface area contributed by atoms with Crippen molar-refractivity contribution in [3.63, 3.8) is 0 Å². The van der Waals surface area contributed by atoms with Gasteiger partial charge >= 0.3 is 52.0 Å². The Morgan fingerprint density at radius 2 is 1.00 bits per heavy atom. The van der Waals surface area contributed by atoms with Crippen LogP contribution in [0, 0.1) is 0 Å². The molecule has 0 bridgehead atoms. The summed E-state index contributed by atoms with van der Waals surface area (Å²) < 4.78 is 0. The smallest absolute Gasteiger partial charge is 0 e. The molecule has 0 aliphatic rings. The quantitative estimate of drug-likeness (QED) is 0.329. The largest absolute Gasteiger partial charge is 0 e. The molecular weight excluding hydrogens is 490 g/mol. The second-order valence-corrected chi connectivity index (χ2v) is 0. The third-order valence-electron chi connectivity index (χ3n) is 0. The number of rotatable bonds is 0. The molecule has 0 saturated heterocycles. The first-order chi connectivity index (χ1) is 0. The molecule has 5 heavy (non-hydrogen) atoms. The predicted octanol–water partition coefficient (Wildman–Crippen LogP) is -2.38. The van der Waals surface area contributed by atoms with Gasteiger partial charge in [-0.2, -0.15) is 0 Å². The van der Waals surface area contributed by atoms with Crippen LogP contribution in [0.4, 0.5) is 0 Å². The molecule has 0 amide bonds. The Bertz CT molecular complexity index is 11.6. The molecule has 0 saturated carbocycles. The summed E-state index contributed by atoms with van der Waals surface area (Å²) in [5, 5.41) is 0. The minimum absolute atomic E-state index is 0. The van der Waals surface area contributed by atoms with E-state index in [-0.39, 0.29) is 108 Å². The fraction of sp³-hybridized carbons (Fsp3) is 0. The summed E-state index contributed by atoms with van der Waals surface area (Å²) in [6.45, 7) is 0. The van der Waals surface area contributed by atoms with Gasteiger partial charge in [0.1, 0.15) is 0 Å². The first-order valence-corrected chi connectivity index (χ1v) is 0. The van der Waals surface area contributed by atoms with Crippen LogP contribution in [-0.4, -0.2) is 52.0 Å². The maximum absolute atomic E-state index is 0. The van der Waals surface area contributed by atoms with Crippen molar-refractivity contribution in [1.29, 1.82) is 0 Å². The maximum Gasteiger partial charge on any atom is 0 e. The first-order valence-electron chi connectivity index (χ1n) is 0. The van der Waals surface area contributed by atoms with Gasteiger partial charge < -0.3 is 0 Å². The monoisotopic (exact) mass is 496 g/mol. The Morgan fingerprint density at radius 3 is 1.00 bits per heavy atom. The van der Waals surface area contributed by atoms with Gasteiger partial charge in [-0.1, -0.05) is 0 Å². The maximum atomic E-state index is 0. The molecule has 0 aliphatic carbocycles. The third kappa shape index (κ3) is 18.5. The topological polar surface area (TPSA) is 0 Å². The minimum Gasteiger partial charge on any atom is 0 e. The summed E-state index contributed by atoms with van der Waals surface area (Å²) in [4.78, 5) is 0. The van der Waals surface area contributed by atoms with Gasteiger partial charge in [-0.15, -0.1) is 0 Å². The molecule has 0 aromatic carbocycles. The molecule has 0 N–H and O–H groups in total. The Kier molecular flexibility index (Phi) is 202. The summed E-state index contributed by atoms with van der Waals surface area (Å²) in [6.07, 6.45) is 0. The summed E-state index contributed by atoms with van der Waals surface area (Å²) in [5.41, 5.74) is 0. The van der Waals surface area contributed by atoms with Crippen molar-refractivity contribution >= 4 is 52.0 Å². The van der Waals surface area contributed by atoms with E-state index in [0.717, 1.165) is 0 Å². The molecule has 36 valence electrons. The van der Waals surface area contributed by atoms with Gasteiger partial charge in [0, 0.05) is 55.9 Å². The zero-order valence-corrected chi connectivity index (χ0v) is 11.1.